The molecule has 1 aliphatic heterocycles. The van der Waals surface area contributed by atoms with Gasteiger partial charge in [0.2, 0.25) is 0 Å². The number of rotatable bonds is 5. The fourth-order valence-electron chi connectivity index (χ4n) is 2.26. The normalized spacial score (nSPS) is 21.3. The summed E-state index contributed by atoms with van der Waals surface area (Å²) in [6, 6.07) is 5.91. The van der Waals surface area contributed by atoms with Gasteiger partial charge in [-0.2, -0.15) is 0 Å². The summed E-state index contributed by atoms with van der Waals surface area (Å²) in [6.45, 7) is -0.0118. The number of nitrogens with zero attached hydrogens (tertiary/aromatic N) is 1. The second-order valence-corrected chi connectivity index (χ2v) is 5.12. The van der Waals surface area contributed by atoms with Crippen LogP contribution in [0.4, 0.5) is 0 Å². The van der Waals surface area contributed by atoms with Crippen molar-refractivity contribution in [3.05, 3.63) is 29.3 Å². The Hall–Kier alpha value is -1.79. The van der Waals surface area contributed by atoms with Gasteiger partial charge >= 0.3 is 5.97 Å². The fraction of sp³-hybridized carbons (Fsp3) is 0.429. The van der Waals surface area contributed by atoms with Crippen LogP contribution in [0.25, 0.3) is 0 Å². The van der Waals surface area contributed by atoms with Crippen LogP contribution >= 0.6 is 11.6 Å². The zero-order valence-corrected chi connectivity index (χ0v) is 12.2. The highest BCUT2D eigenvalue weighted by Gasteiger charge is 2.39. The van der Waals surface area contributed by atoms with E-state index in [9.17, 15) is 9.59 Å². The molecule has 0 aromatic heterocycles. The van der Waals surface area contributed by atoms with E-state index < -0.39 is 17.9 Å². The summed E-state index contributed by atoms with van der Waals surface area (Å²) in [6.07, 6.45) is 0.0132. The first-order valence-corrected chi connectivity index (χ1v) is 6.83. The van der Waals surface area contributed by atoms with Crippen molar-refractivity contribution in [3.8, 4) is 5.75 Å². The molecule has 1 amide bonds. The van der Waals surface area contributed by atoms with Crippen LogP contribution in [0.3, 0.4) is 0 Å². The van der Waals surface area contributed by atoms with E-state index in [1.54, 1.807) is 24.3 Å². The van der Waals surface area contributed by atoms with E-state index in [0.29, 0.717) is 10.8 Å². The largest absolute Gasteiger partial charge is 0.482 e. The predicted molar refractivity (Wildman–Crippen MR) is 75.5 cm³/mol. The highest BCUT2D eigenvalue weighted by molar-refractivity contribution is 6.32. The second-order valence-electron chi connectivity index (χ2n) is 4.71. The van der Waals surface area contributed by atoms with Gasteiger partial charge in [0.15, 0.2) is 6.61 Å². The van der Waals surface area contributed by atoms with Crippen LogP contribution in [0, 0.1) is 0 Å². The summed E-state index contributed by atoms with van der Waals surface area (Å²) in [4.78, 5) is 24.6. The summed E-state index contributed by atoms with van der Waals surface area (Å²) in [5.74, 6) is -1.05. The first-order valence-electron chi connectivity index (χ1n) is 6.45. The third-order valence-electron chi connectivity index (χ3n) is 3.39. The number of aliphatic carboxylic acids is 1. The van der Waals surface area contributed by atoms with E-state index in [1.807, 2.05) is 0 Å². The Bertz CT molecular complexity index is 536. The van der Waals surface area contributed by atoms with Crippen LogP contribution in [0.15, 0.2) is 24.3 Å². The molecule has 0 radical (unpaired) electrons. The van der Waals surface area contributed by atoms with Crippen molar-refractivity contribution in [2.24, 2.45) is 0 Å². The highest BCUT2D eigenvalue weighted by atomic mass is 35.5. The second kappa shape index (κ2) is 6.78. The third-order valence-corrected chi connectivity index (χ3v) is 3.70. The van der Waals surface area contributed by atoms with Crippen molar-refractivity contribution in [2.75, 3.05) is 20.3 Å². The maximum Gasteiger partial charge on any atom is 0.326 e. The van der Waals surface area contributed by atoms with Crippen LogP contribution in [0.1, 0.15) is 6.42 Å². The summed E-state index contributed by atoms with van der Waals surface area (Å²) >= 11 is 5.93. The summed E-state index contributed by atoms with van der Waals surface area (Å²) in [7, 11) is 1.50. The molecule has 6 nitrogen and oxygen atoms in total. The van der Waals surface area contributed by atoms with Crippen LogP contribution in [0.5, 0.6) is 5.75 Å². The quantitative estimate of drug-likeness (QED) is 0.889. The van der Waals surface area contributed by atoms with Crippen molar-refractivity contribution in [1.29, 1.82) is 0 Å². The minimum Gasteiger partial charge on any atom is -0.482 e. The minimum absolute atomic E-state index is 0.248. The number of carboxylic acids is 1. The third kappa shape index (κ3) is 3.65. The number of carbonyl (C=O) groups excluding carboxylic acids is 1. The Morgan fingerprint density at radius 3 is 2.76 bits per heavy atom. The van der Waals surface area contributed by atoms with Gasteiger partial charge in [0, 0.05) is 20.1 Å². The van der Waals surface area contributed by atoms with E-state index in [1.165, 1.54) is 12.0 Å². The van der Waals surface area contributed by atoms with Gasteiger partial charge in [-0.15, -0.1) is 0 Å². The lowest BCUT2D eigenvalue weighted by Crippen LogP contribution is -2.43. The number of amides is 1. The zero-order valence-electron chi connectivity index (χ0n) is 11.5. The number of benzene rings is 1. The van der Waals surface area contributed by atoms with Crippen molar-refractivity contribution in [3.63, 3.8) is 0 Å². The number of carboxylic acid groups (broad SMARTS) is 1. The number of hydrogen-bond donors (Lipinski definition) is 1. The van der Waals surface area contributed by atoms with E-state index in [-0.39, 0.29) is 25.7 Å². The molecule has 2 unspecified atom stereocenters. The van der Waals surface area contributed by atoms with Crippen LogP contribution in [-0.4, -0.2) is 54.3 Å². The van der Waals surface area contributed by atoms with Crippen LogP contribution < -0.4 is 4.74 Å². The molecular formula is C14H16ClNO5. The molecule has 2 atom stereocenters. The Balaban J connectivity index is 1.99. The number of likely N-dealkylation sites (tertiary alicyclic amines) is 1. The molecule has 2 rings (SSSR count). The van der Waals surface area contributed by atoms with Gasteiger partial charge in [-0.1, -0.05) is 23.7 Å². The van der Waals surface area contributed by atoms with Crippen molar-refractivity contribution in [1.82, 2.24) is 4.90 Å². The topological polar surface area (TPSA) is 76.1 Å². The lowest BCUT2D eigenvalue weighted by atomic mass is 10.2. The number of ether oxygens (including phenoxy) is 2. The first-order chi connectivity index (χ1) is 10.0. The molecule has 1 fully saturated rings. The monoisotopic (exact) mass is 313 g/mol. The summed E-state index contributed by atoms with van der Waals surface area (Å²) < 4.78 is 10.5. The maximum atomic E-state index is 12.1. The van der Waals surface area contributed by atoms with Crippen LogP contribution in [-0.2, 0) is 14.3 Å². The molecule has 1 aliphatic rings. The lowest BCUT2D eigenvalue weighted by molar-refractivity contribution is -0.148. The SMILES string of the molecule is COC1CC(C(=O)O)N(C(=O)COc2ccccc2Cl)C1. The van der Waals surface area contributed by atoms with Crippen molar-refractivity contribution >= 4 is 23.5 Å². The zero-order chi connectivity index (χ0) is 15.4. The Morgan fingerprint density at radius 1 is 1.43 bits per heavy atom. The van der Waals surface area contributed by atoms with Crippen molar-refractivity contribution in [2.45, 2.75) is 18.6 Å². The van der Waals surface area contributed by atoms with Gasteiger partial charge < -0.3 is 19.5 Å². The average molecular weight is 314 g/mol. The molecule has 1 N–H and O–H groups in total. The molecule has 0 aliphatic carbocycles. The average Bonchev–Trinajstić information content (AvgIpc) is 2.90. The van der Waals surface area contributed by atoms with E-state index in [2.05, 4.69) is 0 Å². The molecule has 0 bridgehead atoms. The summed E-state index contributed by atoms with van der Waals surface area (Å²) in [5.41, 5.74) is 0. The Morgan fingerprint density at radius 2 is 2.14 bits per heavy atom. The molecule has 1 saturated heterocycles. The van der Waals surface area contributed by atoms with Gasteiger partial charge in [-0.25, -0.2) is 4.79 Å². The van der Waals surface area contributed by atoms with Gasteiger partial charge in [0.25, 0.3) is 5.91 Å². The molecular weight excluding hydrogens is 298 g/mol. The van der Waals surface area contributed by atoms with Gasteiger partial charge in [-0.3, -0.25) is 4.79 Å². The highest BCUT2D eigenvalue weighted by Crippen LogP contribution is 2.24. The molecule has 7 heteroatoms. The van der Waals surface area contributed by atoms with Crippen molar-refractivity contribution < 1.29 is 24.2 Å². The van der Waals surface area contributed by atoms with Gasteiger partial charge in [0.1, 0.15) is 11.8 Å². The standard InChI is InChI=1S/C14H16ClNO5/c1-20-9-6-11(14(18)19)16(7-9)13(17)8-21-12-5-3-2-4-10(12)15/h2-5,9,11H,6-8H2,1H3,(H,18,19). The fourth-order valence-corrected chi connectivity index (χ4v) is 2.45. The molecule has 21 heavy (non-hydrogen) atoms. The van der Waals surface area contributed by atoms with Crippen LogP contribution in [0.2, 0.25) is 5.02 Å². The number of hydrogen-bond acceptors (Lipinski definition) is 4. The smallest absolute Gasteiger partial charge is 0.326 e. The maximum absolute atomic E-state index is 12.1. The molecule has 1 aromatic carbocycles. The molecule has 0 spiro atoms. The number of methoxy groups -OCH3 is 1. The van der Waals surface area contributed by atoms with Gasteiger partial charge in [-0.05, 0) is 12.1 Å². The number of halogens is 1. The Labute approximate surface area is 127 Å². The summed E-state index contributed by atoms with van der Waals surface area (Å²) in [5, 5.41) is 9.56. The predicted octanol–water partition coefficient (Wildman–Crippen LogP) is 1.42. The minimum atomic E-state index is -1.04. The lowest BCUT2D eigenvalue weighted by Gasteiger charge is -2.21. The molecule has 1 aromatic rings. The number of para-hydroxylation sites is 1. The van der Waals surface area contributed by atoms with E-state index in [4.69, 9.17) is 26.2 Å². The molecule has 1 heterocycles. The molecule has 114 valence electrons. The van der Waals surface area contributed by atoms with E-state index in [0.717, 1.165) is 0 Å². The van der Waals surface area contributed by atoms with Gasteiger partial charge in [0.05, 0.1) is 11.1 Å². The first kappa shape index (κ1) is 15.6. The molecule has 0 saturated carbocycles. The number of carbonyl (C=O) groups is 2. The van der Waals surface area contributed by atoms with E-state index >= 15 is 0 Å². The Kier molecular flexibility index (Phi) is 5.03.